The van der Waals surface area contributed by atoms with E-state index in [2.05, 4.69) is 10.6 Å². The zero-order chi connectivity index (χ0) is 16.9. The van der Waals surface area contributed by atoms with Gasteiger partial charge in [-0.05, 0) is 26.8 Å². The topological polar surface area (TPSA) is 93.5 Å². The van der Waals surface area contributed by atoms with Crippen molar-refractivity contribution in [2.45, 2.75) is 26.4 Å². The van der Waals surface area contributed by atoms with Gasteiger partial charge < -0.3 is 15.4 Å². The van der Waals surface area contributed by atoms with Crippen LogP contribution in [0.15, 0.2) is 12.1 Å². The third-order valence-electron chi connectivity index (χ3n) is 2.34. The molecule has 0 aliphatic carbocycles. The Balaban J connectivity index is 2.57. The molecule has 1 amide bonds. The van der Waals surface area contributed by atoms with Gasteiger partial charge in [-0.25, -0.2) is 9.18 Å². The van der Waals surface area contributed by atoms with Crippen LogP contribution in [0.25, 0.3) is 0 Å². The molecule has 7 nitrogen and oxygen atoms in total. The van der Waals surface area contributed by atoms with E-state index < -0.39 is 28.1 Å². The summed E-state index contributed by atoms with van der Waals surface area (Å²) in [4.78, 5) is 21.5. The Morgan fingerprint density at radius 3 is 2.59 bits per heavy atom. The number of carbonyl (C=O) groups excluding carboxylic acids is 1. The van der Waals surface area contributed by atoms with Crippen LogP contribution in [0.5, 0.6) is 0 Å². The third-order valence-corrected chi connectivity index (χ3v) is 2.63. The van der Waals surface area contributed by atoms with Gasteiger partial charge in [0.25, 0.3) is 5.69 Å². The van der Waals surface area contributed by atoms with Crippen LogP contribution in [-0.2, 0) is 4.74 Å². The van der Waals surface area contributed by atoms with Crippen molar-refractivity contribution in [2.75, 3.05) is 18.4 Å². The summed E-state index contributed by atoms with van der Waals surface area (Å²) in [5.74, 6) is -0.870. The Hall–Kier alpha value is -2.09. The van der Waals surface area contributed by atoms with Gasteiger partial charge in [0.2, 0.25) is 0 Å². The second-order valence-electron chi connectivity index (χ2n) is 5.40. The first kappa shape index (κ1) is 18.0. The van der Waals surface area contributed by atoms with E-state index >= 15 is 0 Å². The van der Waals surface area contributed by atoms with Gasteiger partial charge in [0.15, 0.2) is 0 Å². The quantitative estimate of drug-likeness (QED) is 0.489. The van der Waals surface area contributed by atoms with Crippen LogP contribution in [-0.4, -0.2) is 29.7 Å². The van der Waals surface area contributed by atoms with Crippen molar-refractivity contribution in [2.24, 2.45) is 0 Å². The van der Waals surface area contributed by atoms with E-state index in [1.54, 1.807) is 20.8 Å². The number of benzene rings is 1. The van der Waals surface area contributed by atoms with Crippen LogP contribution >= 0.6 is 11.6 Å². The molecule has 1 aromatic rings. The maximum Gasteiger partial charge on any atom is 0.407 e. The smallest absolute Gasteiger partial charge is 0.407 e. The molecule has 0 unspecified atom stereocenters. The Bertz CT molecular complexity index is 575. The minimum atomic E-state index is -0.870. The minimum absolute atomic E-state index is 0.0717. The number of alkyl carbamates (subject to hydrolysis) is 1. The number of hydrogen-bond donors (Lipinski definition) is 2. The molecule has 0 bridgehead atoms. The number of carbonyl (C=O) groups is 1. The largest absolute Gasteiger partial charge is 0.444 e. The van der Waals surface area contributed by atoms with E-state index in [0.717, 1.165) is 12.1 Å². The van der Waals surface area contributed by atoms with Gasteiger partial charge in [0.05, 0.1) is 16.0 Å². The number of nitrogens with zero attached hydrogens (tertiary/aromatic N) is 1. The molecule has 0 heterocycles. The van der Waals surface area contributed by atoms with E-state index in [0.29, 0.717) is 0 Å². The summed E-state index contributed by atoms with van der Waals surface area (Å²) >= 11 is 5.60. The van der Waals surface area contributed by atoms with Gasteiger partial charge in [0, 0.05) is 13.1 Å². The first-order valence-electron chi connectivity index (χ1n) is 6.44. The van der Waals surface area contributed by atoms with Gasteiger partial charge in [-0.15, -0.1) is 0 Å². The molecule has 1 aromatic carbocycles. The normalized spacial score (nSPS) is 11.0. The lowest BCUT2D eigenvalue weighted by Crippen LogP contribution is -2.35. The van der Waals surface area contributed by atoms with E-state index in [1.165, 1.54) is 0 Å². The Morgan fingerprint density at radius 2 is 2.05 bits per heavy atom. The zero-order valence-electron chi connectivity index (χ0n) is 12.4. The van der Waals surface area contributed by atoms with Crippen molar-refractivity contribution in [3.8, 4) is 0 Å². The molecule has 0 spiro atoms. The number of nitro benzene ring substituents is 1. The average Bonchev–Trinajstić information content (AvgIpc) is 2.35. The maximum absolute atomic E-state index is 13.2. The van der Waals surface area contributed by atoms with Gasteiger partial charge in [-0.1, -0.05) is 11.6 Å². The molecule has 9 heteroatoms. The highest BCUT2D eigenvalue weighted by molar-refractivity contribution is 6.31. The van der Waals surface area contributed by atoms with E-state index in [9.17, 15) is 19.3 Å². The Morgan fingerprint density at radius 1 is 1.41 bits per heavy atom. The van der Waals surface area contributed by atoms with Crippen LogP contribution < -0.4 is 10.6 Å². The lowest BCUT2D eigenvalue weighted by Gasteiger charge is -2.19. The molecule has 0 saturated carbocycles. The number of hydrogen-bond acceptors (Lipinski definition) is 5. The first-order valence-corrected chi connectivity index (χ1v) is 6.82. The lowest BCUT2D eigenvalue weighted by molar-refractivity contribution is -0.384. The summed E-state index contributed by atoms with van der Waals surface area (Å²) in [6.07, 6.45) is -0.596. The van der Waals surface area contributed by atoms with E-state index in [1.807, 2.05) is 0 Å². The summed E-state index contributed by atoms with van der Waals surface area (Å²) in [6, 6.07) is 1.87. The van der Waals surface area contributed by atoms with E-state index in [4.69, 9.17) is 16.3 Å². The number of nitro groups is 1. The second-order valence-corrected chi connectivity index (χ2v) is 5.80. The predicted octanol–water partition coefficient (Wildman–Crippen LogP) is 3.32. The standard InChI is InChI=1S/C13H17ClFN3O4/c1-13(2,3)22-12(19)17-5-4-16-10-6-8(14)9(15)7-11(10)18(20)21/h6-7,16H,4-5H2,1-3H3,(H,17,19). The summed E-state index contributed by atoms with van der Waals surface area (Å²) in [7, 11) is 0. The van der Waals surface area contributed by atoms with Crippen LogP contribution in [0, 0.1) is 15.9 Å². The van der Waals surface area contributed by atoms with Crippen molar-refractivity contribution in [1.82, 2.24) is 5.32 Å². The molecule has 0 aliphatic rings. The number of amides is 1. The SMILES string of the molecule is CC(C)(C)OC(=O)NCCNc1cc(Cl)c(F)cc1[N+](=O)[O-]. The molecule has 0 saturated heterocycles. The molecule has 22 heavy (non-hydrogen) atoms. The minimum Gasteiger partial charge on any atom is -0.444 e. The number of anilines is 1. The van der Waals surface area contributed by atoms with Crippen molar-refractivity contribution in [3.63, 3.8) is 0 Å². The fourth-order valence-electron chi connectivity index (χ4n) is 1.50. The van der Waals surface area contributed by atoms with Gasteiger partial charge in [-0.3, -0.25) is 10.1 Å². The monoisotopic (exact) mass is 333 g/mol. The van der Waals surface area contributed by atoms with Crippen LogP contribution in [0.3, 0.4) is 0 Å². The highest BCUT2D eigenvalue weighted by Gasteiger charge is 2.18. The van der Waals surface area contributed by atoms with Gasteiger partial charge in [-0.2, -0.15) is 0 Å². The van der Waals surface area contributed by atoms with Crippen LogP contribution in [0.2, 0.25) is 5.02 Å². The fraction of sp³-hybridized carbons (Fsp3) is 0.462. The number of rotatable bonds is 5. The maximum atomic E-state index is 13.2. The predicted molar refractivity (Wildman–Crippen MR) is 80.8 cm³/mol. The number of halogens is 2. The highest BCUT2D eigenvalue weighted by atomic mass is 35.5. The van der Waals surface area contributed by atoms with Crippen molar-refractivity contribution in [3.05, 3.63) is 33.1 Å². The molecule has 0 radical (unpaired) electrons. The second kappa shape index (κ2) is 7.26. The van der Waals surface area contributed by atoms with Crippen LogP contribution in [0.1, 0.15) is 20.8 Å². The van der Waals surface area contributed by atoms with Crippen molar-refractivity contribution in [1.29, 1.82) is 0 Å². The molecule has 0 aliphatic heterocycles. The summed E-state index contributed by atoms with van der Waals surface area (Å²) in [5, 5.41) is 15.8. The third kappa shape index (κ3) is 5.72. The fourth-order valence-corrected chi connectivity index (χ4v) is 1.67. The average molecular weight is 334 g/mol. The molecule has 2 N–H and O–H groups in total. The molecular weight excluding hydrogens is 317 g/mol. The number of ether oxygens (including phenoxy) is 1. The molecule has 0 aromatic heterocycles. The summed E-state index contributed by atoms with van der Waals surface area (Å²) in [5.41, 5.74) is -0.970. The molecule has 0 atom stereocenters. The summed E-state index contributed by atoms with van der Waals surface area (Å²) in [6.45, 7) is 5.54. The first-order chi connectivity index (χ1) is 10.1. The summed E-state index contributed by atoms with van der Waals surface area (Å²) < 4.78 is 18.3. The zero-order valence-corrected chi connectivity index (χ0v) is 13.2. The van der Waals surface area contributed by atoms with Gasteiger partial charge in [0.1, 0.15) is 17.1 Å². The number of nitrogens with one attached hydrogen (secondary N) is 2. The Kier molecular flexibility index (Phi) is 5.92. The van der Waals surface area contributed by atoms with Crippen molar-refractivity contribution >= 4 is 29.1 Å². The lowest BCUT2D eigenvalue weighted by atomic mass is 10.2. The Labute approximate surface area is 131 Å². The molecule has 0 fully saturated rings. The van der Waals surface area contributed by atoms with Gasteiger partial charge >= 0.3 is 6.09 Å². The van der Waals surface area contributed by atoms with Crippen LogP contribution in [0.4, 0.5) is 20.6 Å². The highest BCUT2D eigenvalue weighted by Crippen LogP contribution is 2.29. The molecular formula is C13H17ClFN3O4. The van der Waals surface area contributed by atoms with E-state index in [-0.39, 0.29) is 23.8 Å². The van der Waals surface area contributed by atoms with Crippen molar-refractivity contribution < 1.29 is 18.8 Å². The molecule has 122 valence electrons. The molecule has 1 rings (SSSR count).